The normalized spacial score (nSPS) is 21.6. The second-order valence-electron chi connectivity index (χ2n) is 8.34. The topological polar surface area (TPSA) is 30.0 Å². The highest BCUT2D eigenvalue weighted by molar-refractivity contribution is 5.37. The summed E-state index contributed by atoms with van der Waals surface area (Å²) in [5, 5.41) is 9.84. The fourth-order valence-corrected chi connectivity index (χ4v) is 4.12. The highest BCUT2D eigenvalue weighted by Crippen LogP contribution is 2.27. The molecular weight excluding hydrogens is 310 g/mol. The number of rotatable bonds is 8. The van der Waals surface area contributed by atoms with Crippen molar-refractivity contribution in [3.8, 4) is 0 Å². The van der Waals surface area contributed by atoms with Crippen LogP contribution in [0.5, 0.6) is 0 Å². The number of hydrogen-bond donors (Lipinski definition) is 1. The maximum Gasteiger partial charge on any atom is 0.0475 e. The molecule has 1 aliphatic heterocycles. The van der Waals surface area contributed by atoms with E-state index in [4.69, 9.17) is 0 Å². The van der Waals surface area contributed by atoms with E-state index in [1.807, 2.05) is 0 Å². The van der Waals surface area contributed by atoms with E-state index in [2.05, 4.69) is 68.7 Å². The van der Waals surface area contributed by atoms with E-state index < -0.39 is 0 Å². The van der Waals surface area contributed by atoms with Crippen molar-refractivity contribution in [2.75, 3.05) is 60.5 Å². The van der Waals surface area contributed by atoms with Crippen molar-refractivity contribution in [3.63, 3.8) is 0 Å². The van der Waals surface area contributed by atoms with Crippen molar-refractivity contribution in [2.45, 2.75) is 27.3 Å². The second-order valence-corrected chi connectivity index (χ2v) is 8.34. The third-order valence-electron chi connectivity index (χ3n) is 5.58. The van der Waals surface area contributed by atoms with Gasteiger partial charge in [-0.15, -0.1) is 0 Å². The van der Waals surface area contributed by atoms with Gasteiger partial charge in [-0.2, -0.15) is 0 Å². The number of likely N-dealkylation sites (tertiary alicyclic amines) is 1. The average molecular weight is 348 g/mol. The Morgan fingerprint density at radius 2 is 1.60 bits per heavy atom. The third-order valence-corrected chi connectivity index (χ3v) is 5.58. The summed E-state index contributed by atoms with van der Waals surface area (Å²) in [7, 11) is 6.44. The zero-order valence-corrected chi connectivity index (χ0v) is 17.0. The lowest BCUT2D eigenvalue weighted by atomic mass is 9.96. The molecule has 2 rings (SSSR count). The van der Waals surface area contributed by atoms with Gasteiger partial charge in [0.2, 0.25) is 0 Å². The van der Waals surface area contributed by atoms with Gasteiger partial charge in [0.15, 0.2) is 0 Å². The maximum absolute atomic E-state index is 9.84. The molecule has 1 N–H and O–H groups in total. The molecule has 2 atom stereocenters. The first-order valence-corrected chi connectivity index (χ1v) is 9.53. The number of aliphatic hydroxyl groups excluding tert-OH is 1. The van der Waals surface area contributed by atoms with Crippen LogP contribution in [0.4, 0.5) is 0 Å². The van der Waals surface area contributed by atoms with E-state index in [0.29, 0.717) is 18.4 Å². The van der Waals surface area contributed by atoms with Gasteiger partial charge in [0.25, 0.3) is 0 Å². The highest BCUT2D eigenvalue weighted by atomic mass is 16.3. The smallest absolute Gasteiger partial charge is 0.0475 e. The van der Waals surface area contributed by atoms with Crippen LogP contribution in [0, 0.1) is 32.6 Å². The summed E-state index contributed by atoms with van der Waals surface area (Å²) in [4.78, 5) is 7.18. The third kappa shape index (κ3) is 5.78. The van der Waals surface area contributed by atoms with Gasteiger partial charge in [-0.3, -0.25) is 4.90 Å². The van der Waals surface area contributed by atoms with Gasteiger partial charge in [0.1, 0.15) is 0 Å². The van der Waals surface area contributed by atoms with E-state index in [0.717, 1.165) is 39.3 Å². The van der Waals surface area contributed by atoms with Crippen molar-refractivity contribution in [2.24, 2.45) is 11.8 Å². The molecule has 4 heteroatoms. The van der Waals surface area contributed by atoms with Crippen molar-refractivity contribution < 1.29 is 5.11 Å². The van der Waals surface area contributed by atoms with E-state index in [1.165, 1.54) is 22.3 Å². The molecule has 0 aliphatic carbocycles. The molecular formula is C21H37N3O. The van der Waals surface area contributed by atoms with Gasteiger partial charge < -0.3 is 14.9 Å². The molecule has 1 heterocycles. The quantitative estimate of drug-likeness (QED) is 0.780. The number of hydrogen-bond acceptors (Lipinski definition) is 4. The molecule has 4 nitrogen and oxygen atoms in total. The molecule has 0 bridgehead atoms. The molecule has 0 aromatic heterocycles. The maximum atomic E-state index is 9.84. The molecule has 1 fully saturated rings. The average Bonchev–Trinajstić information content (AvgIpc) is 2.90. The predicted molar refractivity (Wildman–Crippen MR) is 106 cm³/mol. The van der Waals surface area contributed by atoms with E-state index in [1.54, 1.807) is 0 Å². The Balaban J connectivity index is 1.96. The van der Waals surface area contributed by atoms with Crippen molar-refractivity contribution >= 4 is 0 Å². The number of likely N-dealkylation sites (N-methyl/N-ethyl adjacent to an activating group) is 2. The van der Waals surface area contributed by atoms with Crippen molar-refractivity contribution in [1.82, 2.24) is 14.7 Å². The van der Waals surface area contributed by atoms with Crippen LogP contribution in [0.3, 0.4) is 0 Å². The SMILES string of the molecule is Cc1cc(C)c(CN2C[C@@H](CN(C)CCN(C)C)[C@@H](CO)C2)c(C)c1. The molecule has 142 valence electrons. The number of nitrogens with zero attached hydrogens (tertiary/aromatic N) is 3. The van der Waals surface area contributed by atoms with E-state index in [-0.39, 0.29) is 0 Å². The Morgan fingerprint density at radius 1 is 1.00 bits per heavy atom. The second kappa shape index (κ2) is 9.13. The van der Waals surface area contributed by atoms with E-state index >= 15 is 0 Å². The molecule has 0 radical (unpaired) electrons. The Labute approximate surface area is 154 Å². The predicted octanol–water partition coefficient (Wildman–Crippen LogP) is 2.15. The summed E-state index contributed by atoms with van der Waals surface area (Å²) in [5.74, 6) is 0.955. The van der Waals surface area contributed by atoms with Crippen LogP contribution >= 0.6 is 0 Å². The lowest BCUT2D eigenvalue weighted by molar-refractivity contribution is 0.171. The van der Waals surface area contributed by atoms with Gasteiger partial charge in [-0.1, -0.05) is 17.7 Å². The lowest BCUT2D eigenvalue weighted by Crippen LogP contribution is -2.35. The number of aliphatic hydroxyl groups is 1. The molecule has 25 heavy (non-hydrogen) atoms. The standard InChI is InChI=1S/C21H37N3O/c1-16-9-17(2)21(18(3)10-16)14-24-12-19(20(13-24)15-25)11-23(6)8-7-22(4)5/h9-10,19-20,25H,7-8,11-15H2,1-6H3/t19-,20-/m1/s1. The van der Waals surface area contributed by atoms with Gasteiger partial charge in [0.05, 0.1) is 0 Å². The minimum absolute atomic E-state index is 0.300. The molecule has 0 spiro atoms. The number of aryl methyl sites for hydroxylation is 3. The molecule has 1 saturated heterocycles. The minimum Gasteiger partial charge on any atom is -0.396 e. The van der Waals surface area contributed by atoms with Crippen LogP contribution in [0.2, 0.25) is 0 Å². The monoisotopic (exact) mass is 347 g/mol. The summed E-state index contributed by atoms with van der Waals surface area (Å²) >= 11 is 0. The fourth-order valence-electron chi connectivity index (χ4n) is 4.12. The minimum atomic E-state index is 0.300. The van der Waals surface area contributed by atoms with Crippen LogP contribution in [0.15, 0.2) is 12.1 Å². The van der Waals surface area contributed by atoms with Gasteiger partial charge in [-0.05, 0) is 70.4 Å². The van der Waals surface area contributed by atoms with Crippen molar-refractivity contribution in [1.29, 1.82) is 0 Å². The highest BCUT2D eigenvalue weighted by Gasteiger charge is 2.33. The summed E-state index contributed by atoms with van der Waals surface area (Å²) in [6.07, 6.45) is 0. The fraction of sp³-hybridized carbons (Fsp3) is 0.714. The zero-order chi connectivity index (χ0) is 18.6. The van der Waals surface area contributed by atoms with Gasteiger partial charge in [0, 0.05) is 45.9 Å². The molecule has 0 unspecified atom stereocenters. The molecule has 1 aromatic rings. The molecule has 0 amide bonds. The first-order valence-electron chi connectivity index (χ1n) is 9.53. The summed E-state index contributed by atoms with van der Waals surface area (Å²) < 4.78 is 0. The molecule has 1 aromatic carbocycles. The van der Waals surface area contributed by atoms with Crippen molar-refractivity contribution in [3.05, 3.63) is 34.4 Å². The Morgan fingerprint density at radius 3 is 2.16 bits per heavy atom. The Kier molecular flexibility index (Phi) is 7.44. The van der Waals surface area contributed by atoms with Crippen LogP contribution in [0.1, 0.15) is 22.3 Å². The Bertz CT molecular complexity index is 535. The lowest BCUT2D eigenvalue weighted by Gasteiger charge is -2.25. The molecule has 0 saturated carbocycles. The largest absolute Gasteiger partial charge is 0.396 e. The first kappa shape index (κ1) is 20.4. The summed E-state index contributed by atoms with van der Waals surface area (Å²) in [6.45, 7) is 13.3. The van der Waals surface area contributed by atoms with Crippen LogP contribution in [-0.4, -0.2) is 80.3 Å². The van der Waals surface area contributed by atoms with Crippen LogP contribution in [0.25, 0.3) is 0 Å². The van der Waals surface area contributed by atoms with Crippen LogP contribution in [-0.2, 0) is 6.54 Å². The summed E-state index contributed by atoms with van der Waals surface area (Å²) in [5.41, 5.74) is 5.59. The number of benzene rings is 1. The van der Waals surface area contributed by atoms with Gasteiger partial charge in [-0.25, -0.2) is 0 Å². The molecule has 1 aliphatic rings. The Hall–Kier alpha value is -0.940. The zero-order valence-electron chi connectivity index (χ0n) is 17.0. The summed E-state index contributed by atoms with van der Waals surface area (Å²) in [6, 6.07) is 4.57. The van der Waals surface area contributed by atoms with Gasteiger partial charge >= 0.3 is 0 Å². The first-order chi connectivity index (χ1) is 11.8. The van der Waals surface area contributed by atoms with E-state index in [9.17, 15) is 5.11 Å². The van der Waals surface area contributed by atoms with Crippen LogP contribution < -0.4 is 0 Å².